The van der Waals surface area contributed by atoms with Gasteiger partial charge in [0, 0.05) is 90.0 Å². The van der Waals surface area contributed by atoms with Gasteiger partial charge in [0.05, 0.1) is 16.6 Å². The van der Waals surface area contributed by atoms with Crippen LogP contribution in [0, 0.1) is 0 Å². The average molecular weight is 1040 g/mol. The molecule has 12 nitrogen and oxygen atoms in total. The molecule has 4 aromatic heterocycles. The Balaban J connectivity index is 0.000000196. The first kappa shape index (κ1) is 51.5. The Kier molecular flexibility index (Phi) is 19.2. The molecule has 0 amide bonds. The molecule has 67 heavy (non-hydrogen) atoms. The maximum absolute atomic E-state index is 6.56. The molecule has 4 N–H and O–H groups in total. The summed E-state index contributed by atoms with van der Waals surface area (Å²) < 4.78 is 23.9. The maximum Gasteiger partial charge on any atom is 0.176 e. The first-order valence-corrected chi connectivity index (χ1v) is 22.9. The highest BCUT2D eigenvalue weighted by Crippen LogP contribution is 2.35. The monoisotopic (exact) mass is 1040 g/mol. The molecule has 0 atom stereocenters. The fourth-order valence-corrected chi connectivity index (χ4v) is 7.76. The van der Waals surface area contributed by atoms with Crippen molar-refractivity contribution in [1.29, 1.82) is 0 Å². The molecule has 0 fully saturated rings. The van der Waals surface area contributed by atoms with Crippen LogP contribution >= 0.6 is 81.8 Å². The molecule has 4 aromatic carbocycles. The van der Waals surface area contributed by atoms with E-state index in [1.165, 1.54) is 0 Å². The summed E-state index contributed by atoms with van der Waals surface area (Å²) in [5.74, 6) is 0.557. The quantitative estimate of drug-likeness (QED) is 0.0443. The van der Waals surface area contributed by atoms with Gasteiger partial charge in [-0.25, -0.2) is 9.97 Å². The van der Waals surface area contributed by atoms with Gasteiger partial charge in [-0.1, -0.05) is 94.0 Å². The smallest absolute Gasteiger partial charge is 0.176 e. The highest BCUT2D eigenvalue weighted by Gasteiger charge is 2.23. The number of imidazole rings is 2. The molecule has 0 unspecified atom stereocenters. The summed E-state index contributed by atoms with van der Waals surface area (Å²) in [5, 5.41) is 10.2. The van der Waals surface area contributed by atoms with E-state index in [2.05, 4.69) is 10.6 Å². The van der Waals surface area contributed by atoms with Gasteiger partial charge in [-0.2, -0.15) is 0 Å². The summed E-state index contributed by atoms with van der Waals surface area (Å²) in [6.45, 7) is 0.665. The first-order valence-electron chi connectivity index (χ1n) is 20.2. The Morgan fingerprint density at radius 1 is 0.582 bits per heavy atom. The zero-order valence-electron chi connectivity index (χ0n) is 36.4. The Bertz CT molecular complexity index is 2940. The van der Waals surface area contributed by atoms with Gasteiger partial charge in [-0.15, -0.1) is 0 Å². The number of nitrogens with one attached hydrogen (secondary N) is 2. The Morgan fingerprint density at radius 2 is 1.01 bits per heavy atom. The van der Waals surface area contributed by atoms with Crippen LogP contribution in [0.15, 0.2) is 139 Å². The van der Waals surface area contributed by atoms with Crippen LogP contribution < -0.4 is 16.4 Å². The summed E-state index contributed by atoms with van der Waals surface area (Å²) in [4.78, 5) is 14.9. The number of amidine groups is 1. The first-order chi connectivity index (χ1) is 32.4. The molecular weight excluding hydrogens is 997 g/mol. The van der Waals surface area contributed by atoms with Gasteiger partial charge in [0.15, 0.2) is 18.4 Å². The SMILES string of the molecule is COC(CN)OC.COC(CN=C(Nc1ccc(Cl)cc1)c1c(-c2cc(Cl)ccc2Cl)nc2ccccn12)OC.S=C(Nc1ccc(Cl)cc1)c1c(-c2cc(Cl)ccc2Cl)nc2ccccn12. The summed E-state index contributed by atoms with van der Waals surface area (Å²) in [7, 11) is 6.25. The van der Waals surface area contributed by atoms with E-state index in [0.29, 0.717) is 64.5 Å². The van der Waals surface area contributed by atoms with Crippen molar-refractivity contribution in [1.82, 2.24) is 18.8 Å². The number of nitrogens with zero attached hydrogens (tertiary/aromatic N) is 5. The van der Waals surface area contributed by atoms with Crippen LogP contribution in [0.2, 0.25) is 30.1 Å². The molecule has 0 spiro atoms. The van der Waals surface area contributed by atoms with E-state index in [0.717, 1.165) is 39.6 Å². The van der Waals surface area contributed by atoms with E-state index in [1.807, 2.05) is 81.9 Å². The van der Waals surface area contributed by atoms with Crippen molar-refractivity contribution in [3.8, 4) is 22.5 Å². The van der Waals surface area contributed by atoms with E-state index in [9.17, 15) is 0 Å². The minimum absolute atomic E-state index is 0.236. The molecule has 4 heterocycles. The number of fused-ring (bicyclic) bond motifs is 2. The number of aliphatic imine (C=N–C) groups is 1. The third-order valence-corrected chi connectivity index (χ3v) is 11.6. The van der Waals surface area contributed by atoms with E-state index in [4.69, 9.17) is 121 Å². The largest absolute Gasteiger partial charge is 0.355 e. The van der Waals surface area contributed by atoms with Gasteiger partial charge in [-0.3, -0.25) is 13.8 Å². The second-order valence-corrected chi connectivity index (χ2v) is 17.0. The average Bonchev–Trinajstić information content (AvgIpc) is 3.92. The van der Waals surface area contributed by atoms with Gasteiger partial charge >= 0.3 is 0 Å². The van der Waals surface area contributed by atoms with Gasteiger partial charge in [-0.05, 0) is 109 Å². The van der Waals surface area contributed by atoms with Crippen molar-refractivity contribution in [2.24, 2.45) is 10.7 Å². The van der Waals surface area contributed by atoms with Crippen molar-refractivity contribution in [2.75, 3.05) is 52.2 Å². The Hall–Kier alpha value is -4.84. The fourth-order valence-electron chi connectivity index (χ4n) is 6.44. The number of hydrogen-bond acceptors (Lipinski definition) is 9. The molecule has 0 saturated heterocycles. The number of benzene rings is 4. The number of ether oxygens (including phenoxy) is 4. The number of hydrogen-bond donors (Lipinski definition) is 3. The van der Waals surface area contributed by atoms with E-state index >= 15 is 0 Å². The summed E-state index contributed by atoms with van der Waals surface area (Å²) in [5.41, 5.74) is 12.5. The number of methoxy groups -OCH3 is 4. The molecule has 8 rings (SSSR count). The number of anilines is 2. The van der Waals surface area contributed by atoms with Crippen LogP contribution in [-0.2, 0) is 18.9 Å². The van der Waals surface area contributed by atoms with Crippen LogP contribution in [-0.4, -0.2) is 83.7 Å². The highest BCUT2D eigenvalue weighted by molar-refractivity contribution is 7.81. The van der Waals surface area contributed by atoms with Crippen LogP contribution in [0.4, 0.5) is 11.4 Å². The minimum atomic E-state index is -0.510. The van der Waals surface area contributed by atoms with Crippen molar-refractivity contribution in [2.45, 2.75) is 12.6 Å². The topological polar surface area (TPSA) is 134 Å². The molecule has 8 aromatic rings. The van der Waals surface area contributed by atoms with E-state index in [1.54, 1.807) is 89.1 Å². The van der Waals surface area contributed by atoms with Gasteiger partial charge in [0.1, 0.15) is 39.1 Å². The lowest BCUT2D eigenvalue weighted by Gasteiger charge is -2.15. The van der Waals surface area contributed by atoms with Crippen molar-refractivity contribution in [3.63, 3.8) is 0 Å². The number of pyridine rings is 2. The van der Waals surface area contributed by atoms with Gasteiger partial charge < -0.3 is 35.3 Å². The molecule has 348 valence electrons. The van der Waals surface area contributed by atoms with Crippen molar-refractivity contribution < 1.29 is 18.9 Å². The summed E-state index contributed by atoms with van der Waals surface area (Å²) in [6, 6.07) is 36.8. The van der Waals surface area contributed by atoms with E-state index < -0.39 is 6.29 Å². The summed E-state index contributed by atoms with van der Waals surface area (Å²) >= 11 is 43.2. The second kappa shape index (κ2) is 25.0. The van der Waals surface area contributed by atoms with Crippen molar-refractivity contribution >= 4 is 115 Å². The van der Waals surface area contributed by atoms with Gasteiger partial charge in [0.2, 0.25) is 0 Å². The lowest BCUT2D eigenvalue weighted by Crippen LogP contribution is -2.23. The van der Waals surface area contributed by atoms with Crippen LogP contribution in [0.1, 0.15) is 11.4 Å². The Labute approximate surface area is 423 Å². The minimum Gasteiger partial charge on any atom is -0.355 e. The number of aromatic nitrogens is 4. The van der Waals surface area contributed by atoms with Crippen LogP contribution in [0.5, 0.6) is 0 Å². The summed E-state index contributed by atoms with van der Waals surface area (Å²) in [6.07, 6.45) is 3.09. The van der Waals surface area contributed by atoms with Crippen LogP contribution in [0.25, 0.3) is 33.8 Å². The predicted molar refractivity (Wildman–Crippen MR) is 279 cm³/mol. The van der Waals surface area contributed by atoms with Gasteiger partial charge in [0.25, 0.3) is 0 Å². The standard InChI is InChI=1S/C24H21Cl3N4O2.C20H12Cl3N3S.C4H11NO2/c1-32-21(33-2)14-28-24(29-17-9-6-15(25)7-10-17)23-22(18-13-16(26)8-11-19(18)27)30-20-5-3-4-12-31(20)23;21-12-4-7-14(8-5-12)24-20(27)19-18(15-11-13(22)6-9-16(15)23)25-17-3-1-2-10-26(17)19;1-6-4(3-5)7-2/h3-13,21H,14H2,1-2H3,(H,28,29);1-11H,(H,24,27);4H,3,5H2,1-2H3. The second-order valence-electron chi connectivity index (χ2n) is 14.0. The number of halogens is 6. The van der Waals surface area contributed by atoms with Crippen LogP contribution in [0.3, 0.4) is 0 Å². The normalized spacial score (nSPS) is 11.4. The zero-order valence-corrected chi connectivity index (χ0v) is 41.7. The molecule has 0 radical (unpaired) electrons. The number of rotatable bonds is 13. The fraction of sp³-hybridized carbons (Fsp3) is 0.167. The predicted octanol–water partition coefficient (Wildman–Crippen LogP) is 12.8. The molecule has 0 aliphatic heterocycles. The molecular formula is C48H44Cl6N8O4S. The lowest BCUT2D eigenvalue weighted by atomic mass is 10.1. The zero-order chi connectivity index (χ0) is 48.0. The number of thiocarbonyl (C=S) groups is 1. The van der Waals surface area contributed by atoms with E-state index in [-0.39, 0.29) is 12.8 Å². The number of nitrogens with two attached hydrogens (primary N) is 1. The van der Waals surface area contributed by atoms with Crippen molar-refractivity contribution in [3.05, 3.63) is 175 Å². The molecule has 0 aliphatic carbocycles. The molecule has 0 aliphatic rings. The highest BCUT2D eigenvalue weighted by atomic mass is 35.5. The molecule has 0 bridgehead atoms. The third kappa shape index (κ3) is 13.4. The molecule has 0 saturated carbocycles. The Morgan fingerprint density at radius 3 is 1.46 bits per heavy atom. The lowest BCUT2D eigenvalue weighted by molar-refractivity contribution is -0.0940. The maximum atomic E-state index is 6.56. The third-order valence-electron chi connectivity index (χ3n) is 9.72. The molecule has 19 heteroatoms.